The van der Waals surface area contributed by atoms with Crippen molar-refractivity contribution < 1.29 is 9.90 Å². The van der Waals surface area contributed by atoms with Gasteiger partial charge in [0.2, 0.25) is 0 Å². The van der Waals surface area contributed by atoms with Gasteiger partial charge < -0.3 is 10.0 Å². The first-order chi connectivity index (χ1) is 7.56. The van der Waals surface area contributed by atoms with Crippen molar-refractivity contribution in [3.05, 3.63) is 23.4 Å². The van der Waals surface area contributed by atoms with Crippen molar-refractivity contribution in [2.45, 2.75) is 13.3 Å². The SMILES string of the molecule is C#CCCN(C)c1nc(C)ccc1C(=O)O. The van der Waals surface area contributed by atoms with Gasteiger partial charge in [-0.1, -0.05) is 0 Å². The van der Waals surface area contributed by atoms with Crippen LogP contribution in [0.25, 0.3) is 0 Å². The maximum Gasteiger partial charge on any atom is 0.339 e. The van der Waals surface area contributed by atoms with Gasteiger partial charge in [0.05, 0.1) is 0 Å². The molecule has 84 valence electrons. The summed E-state index contributed by atoms with van der Waals surface area (Å²) >= 11 is 0. The number of aromatic nitrogens is 1. The third kappa shape index (κ3) is 2.74. The van der Waals surface area contributed by atoms with Crippen LogP contribution >= 0.6 is 0 Å². The molecule has 0 amide bonds. The molecule has 1 heterocycles. The summed E-state index contributed by atoms with van der Waals surface area (Å²) in [7, 11) is 1.78. The molecule has 0 fully saturated rings. The number of aromatic carboxylic acids is 1. The minimum atomic E-state index is -0.977. The van der Waals surface area contributed by atoms with Gasteiger partial charge in [0.25, 0.3) is 0 Å². The number of carboxylic acids is 1. The number of terminal acetylenes is 1. The second-order valence-corrected chi connectivity index (χ2v) is 3.50. The van der Waals surface area contributed by atoms with Crippen molar-refractivity contribution in [2.75, 3.05) is 18.5 Å². The van der Waals surface area contributed by atoms with Gasteiger partial charge in [0.1, 0.15) is 11.4 Å². The number of aryl methyl sites for hydroxylation is 1. The highest BCUT2D eigenvalue weighted by atomic mass is 16.4. The van der Waals surface area contributed by atoms with E-state index in [1.165, 1.54) is 0 Å². The highest BCUT2D eigenvalue weighted by molar-refractivity contribution is 5.93. The number of carboxylic acid groups (broad SMARTS) is 1. The van der Waals surface area contributed by atoms with Gasteiger partial charge in [-0.15, -0.1) is 12.3 Å². The molecule has 4 heteroatoms. The summed E-state index contributed by atoms with van der Waals surface area (Å²) in [6, 6.07) is 3.24. The fourth-order valence-corrected chi connectivity index (χ4v) is 1.34. The van der Waals surface area contributed by atoms with Crippen LogP contribution in [0.15, 0.2) is 12.1 Å². The first-order valence-corrected chi connectivity index (χ1v) is 4.91. The van der Waals surface area contributed by atoms with Crippen LogP contribution in [0, 0.1) is 19.3 Å². The van der Waals surface area contributed by atoms with Crippen molar-refractivity contribution in [2.24, 2.45) is 0 Å². The van der Waals surface area contributed by atoms with E-state index < -0.39 is 5.97 Å². The first-order valence-electron chi connectivity index (χ1n) is 4.91. The predicted molar refractivity (Wildman–Crippen MR) is 62.7 cm³/mol. The number of anilines is 1. The normalized spacial score (nSPS) is 9.56. The predicted octanol–water partition coefficient (Wildman–Crippen LogP) is 1.55. The first kappa shape index (κ1) is 12.1. The van der Waals surface area contributed by atoms with Gasteiger partial charge in [0, 0.05) is 25.7 Å². The molecule has 0 bridgehead atoms. The molecule has 0 aliphatic rings. The quantitative estimate of drug-likeness (QED) is 0.779. The van der Waals surface area contributed by atoms with Crippen LogP contribution in [-0.4, -0.2) is 29.7 Å². The third-order valence-corrected chi connectivity index (χ3v) is 2.20. The lowest BCUT2D eigenvalue weighted by molar-refractivity contribution is 0.0697. The number of rotatable bonds is 4. The Labute approximate surface area is 94.9 Å². The van der Waals surface area contributed by atoms with Gasteiger partial charge in [-0.25, -0.2) is 9.78 Å². The van der Waals surface area contributed by atoms with Crippen molar-refractivity contribution in [1.82, 2.24) is 4.98 Å². The fourth-order valence-electron chi connectivity index (χ4n) is 1.34. The van der Waals surface area contributed by atoms with Crippen LogP contribution in [0.4, 0.5) is 5.82 Å². The molecule has 0 aromatic carbocycles. The van der Waals surface area contributed by atoms with E-state index in [0.717, 1.165) is 5.69 Å². The molecule has 16 heavy (non-hydrogen) atoms. The molecule has 1 aromatic rings. The lowest BCUT2D eigenvalue weighted by Gasteiger charge is -2.19. The monoisotopic (exact) mass is 218 g/mol. The van der Waals surface area contributed by atoms with Crippen LogP contribution in [0.3, 0.4) is 0 Å². The summed E-state index contributed by atoms with van der Waals surface area (Å²) in [4.78, 5) is 17.0. The van der Waals surface area contributed by atoms with Crippen LogP contribution < -0.4 is 4.90 Å². The van der Waals surface area contributed by atoms with E-state index in [4.69, 9.17) is 11.5 Å². The Bertz CT molecular complexity index is 435. The number of carbonyl (C=O) groups is 1. The summed E-state index contributed by atoms with van der Waals surface area (Å²) in [5.74, 6) is 2.00. The average Bonchev–Trinajstić information content (AvgIpc) is 2.25. The zero-order valence-corrected chi connectivity index (χ0v) is 9.40. The molecule has 0 saturated carbocycles. The summed E-state index contributed by atoms with van der Waals surface area (Å²) in [6.07, 6.45) is 5.73. The number of nitrogens with zero attached hydrogens (tertiary/aromatic N) is 2. The Morgan fingerprint density at radius 3 is 2.88 bits per heavy atom. The van der Waals surface area contributed by atoms with Crippen LogP contribution in [0.5, 0.6) is 0 Å². The van der Waals surface area contributed by atoms with Crippen molar-refractivity contribution in [3.8, 4) is 12.3 Å². The van der Waals surface area contributed by atoms with E-state index in [1.807, 2.05) is 6.92 Å². The van der Waals surface area contributed by atoms with Crippen LogP contribution in [0.2, 0.25) is 0 Å². The molecular formula is C12H14N2O2. The fraction of sp³-hybridized carbons (Fsp3) is 0.333. The topological polar surface area (TPSA) is 53.4 Å². The Kier molecular flexibility index (Phi) is 3.90. The molecule has 0 aliphatic carbocycles. The summed E-state index contributed by atoms with van der Waals surface area (Å²) in [5.41, 5.74) is 0.984. The number of hydrogen-bond acceptors (Lipinski definition) is 3. The Morgan fingerprint density at radius 2 is 2.31 bits per heavy atom. The lowest BCUT2D eigenvalue weighted by Crippen LogP contribution is -2.22. The van der Waals surface area contributed by atoms with E-state index in [0.29, 0.717) is 18.8 Å². The molecule has 4 nitrogen and oxygen atoms in total. The largest absolute Gasteiger partial charge is 0.478 e. The highest BCUT2D eigenvalue weighted by Gasteiger charge is 2.14. The highest BCUT2D eigenvalue weighted by Crippen LogP contribution is 2.17. The molecule has 0 radical (unpaired) electrons. The minimum absolute atomic E-state index is 0.199. The number of hydrogen-bond donors (Lipinski definition) is 1. The summed E-state index contributed by atoms with van der Waals surface area (Å²) in [5, 5.41) is 9.02. The van der Waals surface area contributed by atoms with E-state index in [1.54, 1.807) is 24.1 Å². The Hall–Kier alpha value is -2.02. The molecule has 1 rings (SSSR count). The van der Waals surface area contributed by atoms with E-state index in [-0.39, 0.29) is 5.56 Å². The van der Waals surface area contributed by atoms with E-state index in [2.05, 4.69) is 10.9 Å². The second-order valence-electron chi connectivity index (χ2n) is 3.50. The average molecular weight is 218 g/mol. The minimum Gasteiger partial charge on any atom is -0.478 e. The van der Waals surface area contributed by atoms with Crippen LogP contribution in [-0.2, 0) is 0 Å². The third-order valence-electron chi connectivity index (χ3n) is 2.20. The molecule has 1 aromatic heterocycles. The molecule has 0 atom stereocenters. The summed E-state index contributed by atoms with van der Waals surface area (Å²) < 4.78 is 0. The zero-order valence-electron chi connectivity index (χ0n) is 9.40. The number of pyridine rings is 1. The Morgan fingerprint density at radius 1 is 1.62 bits per heavy atom. The van der Waals surface area contributed by atoms with Crippen LogP contribution in [0.1, 0.15) is 22.5 Å². The summed E-state index contributed by atoms with van der Waals surface area (Å²) in [6.45, 7) is 2.41. The van der Waals surface area contributed by atoms with Crippen molar-refractivity contribution in [3.63, 3.8) is 0 Å². The van der Waals surface area contributed by atoms with Gasteiger partial charge in [0.15, 0.2) is 0 Å². The molecule has 0 aliphatic heterocycles. The Balaban J connectivity index is 3.05. The maximum absolute atomic E-state index is 11.0. The molecule has 0 unspecified atom stereocenters. The van der Waals surface area contributed by atoms with Gasteiger partial charge >= 0.3 is 5.97 Å². The van der Waals surface area contributed by atoms with Gasteiger partial charge in [-0.2, -0.15) is 0 Å². The molecular weight excluding hydrogens is 204 g/mol. The van der Waals surface area contributed by atoms with Gasteiger partial charge in [-0.05, 0) is 19.1 Å². The molecule has 0 saturated heterocycles. The van der Waals surface area contributed by atoms with Crippen molar-refractivity contribution >= 4 is 11.8 Å². The molecule has 1 N–H and O–H groups in total. The maximum atomic E-state index is 11.0. The smallest absolute Gasteiger partial charge is 0.339 e. The standard InChI is InChI=1S/C12H14N2O2/c1-4-5-8-14(3)11-10(12(15)16)7-6-9(2)13-11/h1,6-7H,5,8H2,2-3H3,(H,15,16). The second kappa shape index (κ2) is 5.17. The van der Waals surface area contributed by atoms with E-state index >= 15 is 0 Å². The molecule has 0 spiro atoms. The van der Waals surface area contributed by atoms with Crippen molar-refractivity contribution in [1.29, 1.82) is 0 Å². The lowest BCUT2D eigenvalue weighted by atomic mass is 10.2. The van der Waals surface area contributed by atoms with E-state index in [9.17, 15) is 4.79 Å². The zero-order chi connectivity index (χ0) is 12.1. The van der Waals surface area contributed by atoms with Gasteiger partial charge in [-0.3, -0.25) is 0 Å².